The molecule has 1 atom stereocenters. The van der Waals surface area contributed by atoms with Crippen LogP contribution >= 0.6 is 0 Å². The van der Waals surface area contributed by atoms with Crippen molar-refractivity contribution in [2.75, 3.05) is 37.4 Å². The summed E-state index contributed by atoms with van der Waals surface area (Å²) in [6.07, 6.45) is 3.92. The van der Waals surface area contributed by atoms with E-state index in [-0.39, 0.29) is 0 Å². The Labute approximate surface area is 115 Å². The fourth-order valence-corrected chi connectivity index (χ4v) is 2.44. The van der Waals surface area contributed by atoms with Crippen LogP contribution in [0.3, 0.4) is 0 Å². The number of rotatable bonds is 5. The summed E-state index contributed by atoms with van der Waals surface area (Å²) in [5.41, 5.74) is 7.74. The summed E-state index contributed by atoms with van der Waals surface area (Å²) in [7, 11) is 2.07. The molecular formula is C15H24N2O2. The van der Waals surface area contributed by atoms with E-state index in [9.17, 15) is 0 Å². The predicted molar refractivity (Wildman–Crippen MR) is 78.9 cm³/mol. The van der Waals surface area contributed by atoms with Crippen LogP contribution in [-0.2, 0) is 4.74 Å². The quantitative estimate of drug-likeness (QED) is 0.831. The van der Waals surface area contributed by atoms with Gasteiger partial charge in [-0.2, -0.15) is 0 Å². The molecule has 0 amide bonds. The molecule has 19 heavy (non-hydrogen) atoms. The molecule has 0 radical (unpaired) electrons. The summed E-state index contributed by atoms with van der Waals surface area (Å²) < 4.78 is 11.3. The van der Waals surface area contributed by atoms with Crippen LogP contribution in [0.25, 0.3) is 0 Å². The zero-order chi connectivity index (χ0) is 13.7. The van der Waals surface area contributed by atoms with Gasteiger partial charge in [0.1, 0.15) is 5.75 Å². The first-order valence-corrected chi connectivity index (χ1v) is 7.05. The highest BCUT2D eigenvalue weighted by Gasteiger charge is 2.16. The topological polar surface area (TPSA) is 47.7 Å². The van der Waals surface area contributed by atoms with Gasteiger partial charge in [0.2, 0.25) is 0 Å². The minimum Gasteiger partial charge on any atom is -0.494 e. The number of likely N-dealkylation sites (N-methyl/N-ethyl adjacent to an activating group) is 1. The number of nitrogens with two attached hydrogens (primary N) is 1. The van der Waals surface area contributed by atoms with Crippen molar-refractivity contribution in [1.82, 2.24) is 0 Å². The Kier molecular flexibility index (Phi) is 4.91. The van der Waals surface area contributed by atoms with Crippen molar-refractivity contribution in [1.29, 1.82) is 0 Å². The third-order valence-electron chi connectivity index (χ3n) is 3.42. The van der Waals surface area contributed by atoms with Gasteiger partial charge >= 0.3 is 0 Å². The lowest BCUT2D eigenvalue weighted by molar-refractivity contribution is 0.0216. The number of anilines is 2. The van der Waals surface area contributed by atoms with Crippen LogP contribution in [0.5, 0.6) is 5.75 Å². The monoisotopic (exact) mass is 264 g/mol. The number of nitrogens with zero attached hydrogens (tertiary/aromatic N) is 1. The number of nitrogen functional groups attached to an aromatic ring is 1. The average Bonchev–Trinajstić information content (AvgIpc) is 2.39. The lowest BCUT2D eigenvalue weighted by Crippen LogP contribution is -2.33. The smallest absolute Gasteiger partial charge is 0.123 e. The maximum atomic E-state index is 5.92. The Morgan fingerprint density at radius 3 is 2.89 bits per heavy atom. The highest BCUT2D eigenvalue weighted by Crippen LogP contribution is 2.26. The second-order valence-corrected chi connectivity index (χ2v) is 5.06. The van der Waals surface area contributed by atoms with Gasteiger partial charge in [-0.15, -0.1) is 0 Å². The van der Waals surface area contributed by atoms with E-state index in [1.54, 1.807) is 0 Å². The molecule has 0 spiro atoms. The third kappa shape index (κ3) is 4.03. The molecule has 1 unspecified atom stereocenters. The molecule has 2 N–H and O–H groups in total. The van der Waals surface area contributed by atoms with Crippen LogP contribution in [0.4, 0.5) is 11.4 Å². The van der Waals surface area contributed by atoms with E-state index >= 15 is 0 Å². The molecule has 0 aromatic heterocycles. The van der Waals surface area contributed by atoms with Gasteiger partial charge in [-0.3, -0.25) is 0 Å². The van der Waals surface area contributed by atoms with Crippen LogP contribution in [0.2, 0.25) is 0 Å². The van der Waals surface area contributed by atoms with Gasteiger partial charge in [0, 0.05) is 43.7 Å². The van der Waals surface area contributed by atoms with E-state index in [1.807, 2.05) is 25.1 Å². The van der Waals surface area contributed by atoms with E-state index in [0.717, 1.165) is 36.7 Å². The van der Waals surface area contributed by atoms with E-state index in [4.69, 9.17) is 15.2 Å². The van der Waals surface area contributed by atoms with Crippen molar-refractivity contribution in [3.63, 3.8) is 0 Å². The second-order valence-electron chi connectivity index (χ2n) is 5.06. The third-order valence-corrected chi connectivity index (χ3v) is 3.42. The first-order valence-electron chi connectivity index (χ1n) is 7.05. The summed E-state index contributed by atoms with van der Waals surface area (Å²) in [6, 6.07) is 5.87. The molecule has 106 valence electrons. The Bertz CT molecular complexity index is 403. The summed E-state index contributed by atoms with van der Waals surface area (Å²) in [5, 5.41) is 0. The number of benzene rings is 1. The fourth-order valence-electron chi connectivity index (χ4n) is 2.44. The Morgan fingerprint density at radius 1 is 1.37 bits per heavy atom. The molecule has 1 fully saturated rings. The van der Waals surface area contributed by atoms with Crippen LogP contribution in [0.1, 0.15) is 26.2 Å². The number of hydrogen-bond acceptors (Lipinski definition) is 4. The molecule has 2 rings (SSSR count). The predicted octanol–water partition coefficient (Wildman–Crippen LogP) is 2.67. The summed E-state index contributed by atoms with van der Waals surface area (Å²) in [5.74, 6) is 0.828. The normalized spacial score (nSPS) is 19.2. The lowest BCUT2D eigenvalue weighted by Gasteiger charge is -2.29. The molecule has 0 aliphatic carbocycles. The van der Waals surface area contributed by atoms with Gasteiger partial charge in [-0.1, -0.05) is 0 Å². The van der Waals surface area contributed by atoms with E-state index in [2.05, 4.69) is 11.9 Å². The van der Waals surface area contributed by atoms with Crippen molar-refractivity contribution in [3.05, 3.63) is 18.2 Å². The molecular weight excluding hydrogens is 240 g/mol. The second kappa shape index (κ2) is 6.66. The van der Waals surface area contributed by atoms with Crippen LogP contribution < -0.4 is 15.4 Å². The highest BCUT2D eigenvalue weighted by atomic mass is 16.5. The molecule has 4 heteroatoms. The summed E-state index contributed by atoms with van der Waals surface area (Å²) >= 11 is 0. The number of hydrogen-bond donors (Lipinski definition) is 1. The first kappa shape index (κ1) is 14.0. The Hall–Kier alpha value is -1.42. The lowest BCUT2D eigenvalue weighted by atomic mass is 10.1. The zero-order valence-corrected chi connectivity index (χ0v) is 11.9. The number of ether oxygens (including phenoxy) is 2. The Balaban J connectivity index is 2.02. The van der Waals surface area contributed by atoms with E-state index in [1.165, 1.54) is 12.8 Å². The zero-order valence-electron chi connectivity index (χ0n) is 11.9. The van der Waals surface area contributed by atoms with Gasteiger partial charge in [0.15, 0.2) is 0 Å². The van der Waals surface area contributed by atoms with Gasteiger partial charge in [-0.05, 0) is 32.3 Å². The van der Waals surface area contributed by atoms with Gasteiger partial charge in [0.25, 0.3) is 0 Å². The van der Waals surface area contributed by atoms with Gasteiger partial charge in [0.05, 0.1) is 12.7 Å². The van der Waals surface area contributed by atoms with Crippen LogP contribution in [0, 0.1) is 0 Å². The SMILES string of the molecule is CCOc1cc(N)cc(N(C)CC2CCCCO2)c1. The molecule has 1 aromatic carbocycles. The van der Waals surface area contributed by atoms with Crippen LogP contribution in [-0.4, -0.2) is 32.9 Å². The molecule has 1 saturated heterocycles. The minimum absolute atomic E-state index is 0.329. The maximum Gasteiger partial charge on any atom is 0.123 e. The summed E-state index contributed by atoms with van der Waals surface area (Å²) in [6.45, 7) is 4.41. The molecule has 0 bridgehead atoms. The largest absolute Gasteiger partial charge is 0.494 e. The van der Waals surface area contributed by atoms with Crippen molar-refractivity contribution in [2.45, 2.75) is 32.3 Å². The highest BCUT2D eigenvalue weighted by molar-refractivity contribution is 5.60. The standard InChI is InChI=1S/C15H24N2O2/c1-3-18-15-9-12(16)8-13(10-15)17(2)11-14-6-4-5-7-19-14/h8-10,14H,3-7,11,16H2,1-2H3. The van der Waals surface area contributed by atoms with Gasteiger partial charge < -0.3 is 20.1 Å². The molecule has 1 aliphatic heterocycles. The van der Waals surface area contributed by atoms with Crippen molar-refractivity contribution in [3.8, 4) is 5.75 Å². The molecule has 1 aliphatic rings. The molecule has 0 saturated carbocycles. The van der Waals surface area contributed by atoms with E-state index in [0.29, 0.717) is 12.7 Å². The van der Waals surface area contributed by atoms with Crippen LogP contribution in [0.15, 0.2) is 18.2 Å². The molecule has 4 nitrogen and oxygen atoms in total. The minimum atomic E-state index is 0.329. The fraction of sp³-hybridized carbons (Fsp3) is 0.600. The Morgan fingerprint density at radius 2 is 2.21 bits per heavy atom. The first-order chi connectivity index (χ1) is 9.19. The van der Waals surface area contributed by atoms with Crippen molar-refractivity contribution < 1.29 is 9.47 Å². The van der Waals surface area contributed by atoms with Gasteiger partial charge in [-0.25, -0.2) is 0 Å². The van der Waals surface area contributed by atoms with E-state index < -0.39 is 0 Å². The molecule has 1 aromatic rings. The molecule has 1 heterocycles. The van der Waals surface area contributed by atoms with Crippen molar-refractivity contribution >= 4 is 11.4 Å². The maximum absolute atomic E-state index is 5.92. The average molecular weight is 264 g/mol. The van der Waals surface area contributed by atoms with Crippen molar-refractivity contribution in [2.24, 2.45) is 0 Å². The summed E-state index contributed by atoms with van der Waals surface area (Å²) in [4.78, 5) is 2.19.